The van der Waals surface area contributed by atoms with Gasteiger partial charge in [-0.2, -0.15) is 4.31 Å². The van der Waals surface area contributed by atoms with Crippen LogP contribution < -0.4 is 5.32 Å². The first-order valence-electron chi connectivity index (χ1n) is 8.66. The van der Waals surface area contributed by atoms with E-state index in [1.807, 2.05) is 0 Å². The summed E-state index contributed by atoms with van der Waals surface area (Å²) in [4.78, 5) is 12.7. The Balaban J connectivity index is 1.89. The topological polar surface area (TPSA) is 66.5 Å². The van der Waals surface area contributed by atoms with Crippen molar-refractivity contribution in [1.29, 1.82) is 0 Å². The smallest absolute Gasteiger partial charge is 0.256 e. The van der Waals surface area contributed by atoms with Gasteiger partial charge in [-0.3, -0.25) is 4.79 Å². The first-order valence-corrected chi connectivity index (χ1v) is 10.5. The van der Waals surface area contributed by atoms with Crippen molar-refractivity contribution in [1.82, 2.24) is 4.31 Å². The number of carbonyl (C=O) groups is 1. The van der Waals surface area contributed by atoms with E-state index in [0.717, 1.165) is 25.3 Å². The zero-order valence-corrected chi connectivity index (χ0v) is 16.4. The van der Waals surface area contributed by atoms with Crippen LogP contribution in [-0.4, -0.2) is 31.7 Å². The number of rotatable bonds is 4. The number of aryl methyl sites for hydroxylation is 1. The van der Waals surface area contributed by atoms with Crippen LogP contribution in [0.4, 0.5) is 10.1 Å². The zero-order valence-electron chi connectivity index (χ0n) is 14.8. The molecule has 0 bridgehead atoms. The third-order valence-corrected chi connectivity index (χ3v) is 6.72. The number of nitrogens with one attached hydrogen (secondary N) is 1. The summed E-state index contributed by atoms with van der Waals surface area (Å²) in [6.45, 7) is 2.66. The Morgan fingerprint density at radius 1 is 1.11 bits per heavy atom. The summed E-state index contributed by atoms with van der Waals surface area (Å²) >= 11 is 5.72. The Kier molecular flexibility index (Phi) is 5.83. The van der Waals surface area contributed by atoms with Crippen LogP contribution in [0.5, 0.6) is 0 Å². The van der Waals surface area contributed by atoms with Crippen molar-refractivity contribution in [2.45, 2.75) is 31.1 Å². The number of anilines is 1. The molecule has 0 aliphatic carbocycles. The monoisotopic (exact) mass is 410 g/mol. The molecular weight excluding hydrogens is 391 g/mol. The summed E-state index contributed by atoms with van der Waals surface area (Å²) in [5, 5.41) is 2.69. The number of piperidine rings is 1. The van der Waals surface area contributed by atoms with Gasteiger partial charge < -0.3 is 5.32 Å². The summed E-state index contributed by atoms with van der Waals surface area (Å²) in [7, 11) is -3.66. The van der Waals surface area contributed by atoms with Gasteiger partial charge in [-0.1, -0.05) is 24.1 Å². The van der Waals surface area contributed by atoms with Gasteiger partial charge in [0.1, 0.15) is 5.82 Å². The summed E-state index contributed by atoms with van der Waals surface area (Å²) < 4.78 is 41.1. The number of hydrogen-bond acceptors (Lipinski definition) is 3. The molecule has 0 spiro atoms. The van der Waals surface area contributed by atoms with Crippen molar-refractivity contribution in [2.24, 2.45) is 0 Å². The summed E-state index contributed by atoms with van der Waals surface area (Å²) in [6.07, 6.45) is 2.67. The average molecular weight is 411 g/mol. The Labute approximate surface area is 163 Å². The van der Waals surface area contributed by atoms with Crippen molar-refractivity contribution in [3.05, 3.63) is 58.4 Å². The lowest BCUT2D eigenvalue weighted by Gasteiger charge is -2.26. The number of benzene rings is 2. The summed E-state index contributed by atoms with van der Waals surface area (Å²) in [5.74, 6) is -1.24. The highest BCUT2D eigenvalue weighted by Gasteiger charge is 2.27. The molecule has 1 heterocycles. The van der Waals surface area contributed by atoms with Gasteiger partial charge in [0.15, 0.2) is 0 Å². The fraction of sp³-hybridized carbons (Fsp3) is 0.316. The van der Waals surface area contributed by atoms with E-state index in [1.165, 1.54) is 28.6 Å². The molecule has 3 rings (SSSR count). The highest BCUT2D eigenvalue weighted by atomic mass is 35.5. The lowest BCUT2D eigenvalue weighted by Crippen LogP contribution is -2.35. The number of nitrogens with zero attached hydrogens (tertiary/aromatic N) is 1. The van der Waals surface area contributed by atoms with Crippen molar-refractivity contribution < 1.29 is 17.6 Å². The molecule has 0 radical (unpaired) electrons. The maximum atomic E-state index is 13.9. The fourth-order valence-electron chi connectivity index (χ4n) is 3.04. The maximum Gasteiger partial charge on any atom is 0.256 e. The van der Waals surface area contributed by atoms with Crippen molar-refractivity contribution in [2.75, 3.05) is 18.4 Å². The third-order valence-electron chi connectivity index (χ3n) is 4.59. The van der Waals surface area contributed by atoms with Crippen LogP contribution in [0.2, 0.25) is 5.02 Å². The normalized spacial score (nSPS) is 15.5. The lowest BCUT2D eigenvalue weighted by molar-refractivity contribution is 0.102. The molecule has 8 heteroatoms. The molecule has 0 saturated carbocycles. The molecule has 2 aromatic carbocycles. The van der Waals surface area contributed by atoms with Crippen LogP contribution in [0.3, 0.4) is 0 Å². The van der Waals surface area contributed by atoms with E-state index >= 15 is 0 Å². The zero-order chi connectivity index (χ0) is 19.6. The Hall–Kier alpha value is -1.96. The van der Waals surface area contributed by atoms with E-state index in [9.17, 15) is 17.6 Å². The van der Waals surface area contributed by atoms with Gasteiger partial charge in [-0.25, -0.2) is 12.8 Å². The molecule has 0 atom stereocenters. The predicted molar refractivity (Wildman–Crippen MR) is 103 cm³/mol. The van der Waals surface area contributed by atoms with Gasteiger partial charge in [0.05, 0.1) is 10.6 Å². The Morgan fingerprint density at radius 3 is 2.48 bits per heavy atom. The molecular formula is C19H20ClFN2O3S. The van der Waals surface area contributed by atoms with Gasteiger partial charge in [-0.05, 0) is 55.7 Å². The van der Waals surface area contributed by atoms with E-state index in [1.54, 1.807) is 13.0 Å². The molecule has 2 aromatic rings. The number of carbonyl (C=O) groups excluding carboxylic acids is 1. The van der Waals surface area contributed by atoms with Crippen LogP contribution in [0.25, 0.3) is 0 Å². The quantitative estimate of drug-likeness (QED) is 0.820. The molecule has 1 aliphatic heterocycles. The second-order valence-electron chi connectivity index (χ2n) is 6.52. The molecule has 1 aliphatic rings. The van der Waals surface area contributed by atoms with Gasteiger partial charge in [0.2, 0.25) is 10.0 Å². The Bertz CT molecular complexity index is 973. The van der Waals surface area contributed by atoms with E-state index in [2.05, 4.69) is 5.32 Å². The maximum absolute atomic E-state index is 13.9. The van der Waals surface area contributed by atoms with Gasteiger partial charge >= 0.3 is 0 Å². The van der Waals surface area contributed by atoms with E-state index < -0.39 is 21.7 Å². The van der Waals surface area contributed by atoms with Crippen LogP contribution >= 0.6 is 11.6 Å². The van der Waals surface area contributed by atoms with Crippen LogP contribution in [0.15, 0.2) is 41.3 Å². The molecule has 0 aromatic heterocycles. The fourth-order valence-corrected chi connectivity index (χ4v) is 4.74. The average Bonchev–Trinajstić information content (AvgIpc) is 2.65. The Morgan fingerprint density at radius 2 is 1.81 bits per heavy atom. The third kappa shape index (κ3) is 4.31. The van der Waals surface area contributed by atoms with E-state index in [4.69, 9.17) is 11.6 Å². The molecule has 1 saturated heterocycles. The standard InChI is InChI=1S/C19H20ClFN2O3S/c1-13-5-7-15(27(25,26)23-9-3-2-4-10-23)12-16(13)19(24)22-18-8-6-14(20)11-17(18)21/h5-8,11-12H,2-4,9-10H2,1H3,(H,22,24). The molecule has 0 unspecified atom stereocenters. The molecule has 27 heavy (non-hydrogen) atoms. The minimum Gasteiger partial charge on any atom is -0.319 e. The van der Waals surface area contributed by atoms with E-state index in [0.29, 0.717) is 18.7 Å². The second-order valence-corrected chi connectivity index (χ2v) is 8.89. The molecule has 1 N–H and O–H groups in total. The van der Waals surface area contributed by atoms with Crippen LogP contribution in [0, 0.1) is 12.7 Å². The van der Waals surface area contributed by atoms with E-state index in [-0.39, 0.29) is 21.2 Å². The first-order chi connectivity index (χ1) is 12.8. The molecule has 144 valence electrons. The van der Waals surface area contributed by atoms with Gasteiger partial charge in [-0.15, -0.1) is 0 Å². The molecule has 1 fully saturated rings. The number of hydrogen-bond donors (Lipinski definition) is 1. The van der Waals surface area contributed by atoms with Crippen molar-refractivity contribution >= 4 is 33.2 Å². The second kappa shape index (κ2) is 7.96. The number of amides is 1. The number of sulfonamides is 1. The summed E-state index contributed by atoms with van der Waals surface area (Å²) in [5.41, 5.74) is 0.759. The van der Waals surface area contributed by atoms with Crippen molar-refractivity contribution in [3.63, 3.8) is 0 Å². The first kappa shape index (κ1) is 19.8. The van der Waals surface area contributed by atoms with Crippen molar-refractivity contribution in [3.8, 4) is 0 Å². The molecule has 1 amide bonds. The summed E-state index contributed by atoms with van der Waals surface area (Å²) in [6, 6.07) is 8.36. The number of halogens is 2. The highest BCUT2D eigenvalue weighted by molar-refractivity contribution is 7.89. The lowest BCUT2D eigenvalue weighted by atomic mass is 10.1. The molecule has 5 nitrogen and oxygen atoms in total. The van der Waals surface area contributed by atoms with Crippen LogP contribution in [0.1, 0.15) is 35.2 Å². The van der Waals surface area contributed by atoms with Crippen LogP contribution in [-0.2, 0) is 10.0 Å². The minimum atomic E-state index is -3.66. The largest absolute Gasteiger partial charge is 0.319 e. The highest BCUT2D eigenvalue weighted by Crippen LogP contribution is 2.24. The predicted octanol–water partition coefficient (Wildman–Crippen LogP) is 4.21. The SMILES string of the molecule is Cc1ccc(S(=O)(=O)N2CCCCC2)cc1C(=O)Nc1ccc(Cl)cc1F. The van der Waals surface area contributed by atoms with Gasteiger partial charge in [0.25, 0.3) is 5.91 Å². The van der Waals surface area contributed by atoms with Gasteiger partial charge in [0, 0.05) is 23.7 Å². The minimum absolute atomic E-state index is 0.0203.